The molecule has 1 aromatic heterocycles. The molecule has 42 heavy (non-hydrogen) atoms. The van der Waals surface area contributed by atoms with Gasteiger partial charge in [0.25, 0.3) is 5.91 Å². The fraction of sp³-hybridized carbons (Fsp3) is 0.469. The van der Waals surface area contributed by atoms with Crippen LogP contribution in [0.4, 0.5) is 10.5 Å². The molecule has 2 aromatic carbocycles. The molecule has 5 rings (SSSR count). The number of H-pyrrole nitrogens is 1. The number of carbonyl (C=O) groups excluding carboxylic acids is 2. The van der Waals surface area contributed by atoms with E-state index in [0.29, 0.717) is 31.9 Å². The lowest BCUT2D eigenvalue weighted by atomic mass is 10.0. The number of carbonyl (C=O) groups is 2. The fourth-order valence-electron chi connectivity index (χ4n) is 5.40. The second-order valence-electron chi connectivity index (χ2n) is 11.8. The molecule has 10 nitrogen and oxygen atoms in total. The van der Waals surface area contributed by atoms with Gasteiger partial charge in [0.05, 0.1) is 6.20 Å². The van der Waals surface area contributed by atoms with Crippen molar-refractivity contribution in [1.82, 2.24) is 25.7 Å². The zero-order chi connectivity index (χ0) is 29.5. The summed E-state index contributed by atoms with van der Waals surface area (Å²) in [7, 11) is 0. The van der Waals surface area contributed by atoms with Gasteiger partial charge in [-0.1, -0.05) is 24.3 Å². The average Bonchev–Trinajstić information content (AvgIpc) is 3.68. The molecule has 5 N–H and O–H groups in total. The molecule has 224 valence electrons. The Bertz CT molecular complexity index is 1340. The van der Waals surface area contributed by atoms with Crippen LogP contribution in [0, 0.1) is 0 Å². The SMILES string of the molecule is CC(C)(Oc1cccc(N2CCC[C@H](NC(=O)N(Cc3cccc(-c4cn[nH]c4)c3)C3CC3)C2)c1)C(=O)NCCCN. The van der Waals surface area contributed by atoms with Gasteiger partial charge in [-0.05, 0) is 81.8 Å². The monoisotopic (exact) mass is 573 g/mol. The van der Waals surface area contributed by atoms with Gasteiger partial charge in [-0.25, -0.2) is 4.79 Å². The Morgan fingerprint density at radius 2 is 1.98 bits per heavy atom. The summed E-state index contributed by atoms with van der Waals surface area (Å²) in [6, 6.07) is 16.5. The third kappa shape index (κ3) is 7.61. The first-order chi connectivity index (χ1) is 20.3. The van der Waals surface area contributed by atoms with E-state index in [1.807, 2.05) is 41.6 Å². The van der Waals surface area contributed by atoms with E-state index >= 15 is 0 Å². The summed E-state index contributed by atoms with van der Waals surface area (Å²) in [6.45, 7) is 6.78. The molecule has 10 heteroatoms. The third-order valence-corrected chi connectivity index (χ3v) is 7.88. The number of aromatic nitrogens is 2. The molecule has 1 saturated carbocycles. The number of piperidine rings is 1. The minimum Gasteiger partial charge on any atom is -0.478 e. The van der Waals surface area contributed by atoms with Gasteiger partial charge in [-0.2, -0.15) is 5.10 Å². The number of rotatable bonds is 12. The molecule has 1 aliphatic carbocycles. The van der Waals surface area contributed by atoms with Crippen LogP contribution in [-0.4, -0.2) is 70.9 Å². The Hall–Kier alpha value is -4.05. The second-order valence-corrected chi connectivity index (χ2v) is 11.8. The molecule has 1 aliphatic heterocycles. The Morgan fingerprint density at radius 1 is 1.14 bits per heavy atom. The number of urea groups is 1. The molecule has 1 atom stereocenters. The van der Waals surface area contributed by atoms with Crippen LogP contribution < -0.4 is 26.0 Å². The summed E-state index contributed by atoms with van der Waals surface area (Å²) < 4.78 is 6.12. The van der Waals surface area contributed by atoms with Gasteiger partial charge in [-0.15, -0.1) is 0 Å². The third-order valence-electron chi connectivity index (χ3n) is 7.88. The van der Waals surface area contributed by atoms with Crippen molar-refractivity contribution in [3.05, 3.63) is 66.5 Å². The van der Waals surface area contributed by atoms with Crippen molar-refractivity contribution < 1.29 is 14.3 Å². The first-order valence-electron chi connectivity index (χ1n) is 15.0. The van der Waals surface area contributed by atoms with E-state index in [0.717, 1.165) is 61.0 Å². The number of benzene rings is 2. The maximum absolute atomic E-state index is 13.5. The minimum atomic E-state index is -1.02. The number of aromatic amines is 1. The molecule has 0 radical (unpaired) electrons. The standard InChI is InChI=1S/C32H43N7O3/c1-32(2,30(40)34-15-6-14-33)42-29-11-4-10-28(18-29)38-16-5-9-26(22-38)37-31(41)39(27-12-13-27)21-23-7-3-8-24(17-23)25-19-35-36-20-25/h3-4,7-8,10-11,17-20,26-27H,5-6,9,12-16,21-22,33H2,1-2H3,(H,34,40)(H,35,36)(H,37,41)/t26-/m0/s1. The number of nitrogens with zero attached hydrogens (tertiary/aromatic N) is 3. The van der Waals surface area contributed by atoms with Crippen LogP contribution in [0.5, 0.6) is 5.75 Å². The quantitative estimate of drug-likeness (QED) is 0.242. The molecule has 3 amide bonds. The van der Waals surface area contributed by atoms with Crippen molar-refractivity contribution in [2.45, 2.75) is 70.2 Å². The number of nitrogens with one attached hydrogen (secondary N) is 3. The fourth-order valence-corrected chi connectivity index (χ4v) is 5.40. The predicted octanol–water partition coefficient (Wildman–Crippen LogP) is 4.04. The van der Waals surface area contributed by atoms with Crippen molar-refractivity contribution >= 4 is 17.6 Å². The Labute approximate surface area is 248 Å². The van der Waals surface area contributed by atoms with Crippen LogP contribution in [0.15, 0.2) is 60.9 Å². The van der Waals surface area contributed by atoms with Crippen LogP contribution in [0.3, 0.4) is 0 Å². The van der Waals surface area contributed by atoms with Gasteiger partial charge in [-0.3, -0.25) is 9.89 Å². The average molecular weight is 574 g/mol. The van der Waals surface area contributed by atoms with E-state index in [1.165, 1.54) is 0 Å². The summed E-state index contributed by atoms with van der Waals surface area (Å²) in [4.78, 5) is 30.4. The number of anilines is 1. The first kappa shape index (κ1) is 29.4. The van der Waals surface area contributed by atoms with Crippen LogP contribution in [0.2, 0.25) is 0 Å². The topological polar surface area (TPSA) is 129 Å². The Kier molecular flexibility index (Phi) is 9.31. The van der Waals surface area contributed by atoms with Crippen molar-refractivity contribution in [3.8, 4) is 16.9 Å². The maximum atomic E-state index is 13.5. The Morgan fingerprint density at radius 3 is 2.74 bits per heavy atom. The molecule has 2 aliphatic rings. The van der Waals surface area contributed by atoms with E-state index in [4.69, 9.17) is 10.5 Å². The summed E-state index contributed by atoms with van der Waals surface area (Å²) in [5, 5.41) is 13.1. The Balaban J connectivity index is 1.19. The van der Waals surface area contributed by atoms with Gasteiger partial charge in [0, 0.05) is 61.8 Å². The van der Waals surface area contributed by atoms with Crippen LogP contribution in [0.1, 0.15) is 51.5 Å². The minimum absolute atomic E-state index is 0.00227. The highest BCUT2D eigenvalue weighted by molar-refractivity contribution is 5.84. The largest absolute Gasteiger partial charge is 0.478 e. The molecule has 2 heterocycles. The van der Waals surface area contributed by atoms with E-state index in [2.05, 4.69) is 50.0 Å². The van der Waals surface area contributed by atoms with Crippen LogP contribution >= 0.6 is 0 Å². The predicted molar refractivity (Wildman–Crippen MR) is 164 cm³/mol. The molecule has 1 saturated heterocycles. The summed E-state index contributed by atoms with van der Waals surface area (Å²) in [6.07, 6.45) is 8.40. The van der Waals surface area contributed by atoms with Crippen molar-refractivity contribution in [1.29, 1.82) is 0 Å². The van der Waals surface area contributed by atoms with E-state index in [9.17, 15) is 9.59 Å². The summed E-state index contributed by atoms with van der Waals surface area (Å²) >= 11 is 0. The van der Waals surface area contributed by atoms with E-state index < -0.39 is 5.60 Å². The van der Waals surface area contributed by atoms with Gasteiger partial charge in [0.1, 0.15) is 5.75 Å². The zero-order valence-corrected chi connectivity index (χ0v) is 24.6. The van der Waals surface area contributed by atoms with E-state index in [1.54, 1.807) is 13.8 Å². The van der Waals surface area contributed by atoms with Gasteiger partial charge < -0.3 is 30.9 Å². The second kappa shape index (κ2) is 13.3. The molecule has 0 spiro atoms. The van der Waals surface area contributed by atoms with Crippen molar-refractivity contribution in [2.75, 3.05) is 31.1 Å². The van der Waals surface area contributed by atoms with Gasteiger partial charge in [0.2, 0.25) is 0 Å². The molecular formula is C32H43N7O3. The normalized spacial score (nSPS) is 17.0. The number of hydrogen-bond donors (Lipinski definition) is 4. The van der Waals surface area contributed by atoms with Crippen LogP contribution in [0.25, 0.3) is 11.1 Å². The van der Waals surface area contributed by atoms with E-state index in [-0.39, 0.29) is 24.0 Å². The first-order valence-corrected chi connectivity index (χ1v) is 15.0. The van der Waals surface area contributed by atoms with Crippen molar-refractivity contribution in [3.63, 3.8) is 0 Å². The number of hydrogen-bond acceptors (Lipinski definition) is 6. The highest BCUT2D eigenvalue weighted by atomic mass is 16.5. The number of ether oxygens (including phenoxy) is 1. The van der Waals surface area contributed by atoms with Crippen LogP contribution in [-0.2, 0) is 11.3 Å². The molecule has 3 aromatic rings. The lowest BCUT2D eigenvalue weighted by Crippen LogP contribution is -2.52. The molecule has 0 bridgehead atoms. The number of amides is 3. The number of nitrogens with two attached hydrogens (primary N) is 1. The van der Waals surface area contributed by atoms with Gasteiger partial charge in [0.15, 0.2) is 5.60 Å². The summed E-state index contributed by atoms with van der Waals surface area (Å²) in [5.74, 6) is 0.464. The lowest BCUT2D eigenvalue weighted by Gasteiger charge is -2.36. The molecule has 0 unspecified atom stereocenters. The lowest BCUT2D eigenvalue weighted by molar-refractivity contribution is -0.134. The highest BCUT2D eigenvalue weighted by Crippen LogP contribution is 2.30. The highest BCUT2D eigenvalue weighted by Gasteiger charge is 2.34. The molecule has 2 fully saturated rings. The smallest absolute Gasteiger partial charge is 0.318 e. The zero-order valence-electron chi connectivity index (χ0n) is 24.6. The summed E-state index contributed by atoms with van der Waals surface area (Å²) in [5.41, 5.74) is 8.76. The van der Waals surface area contributed by atoms with Gasteiger partial charge >= 0.3 is 6.03 Å². The van der Waals surface area contributed by atoms with Crippen molar-refractivity contribution in [2.24, 2.45) is 5.73 Å². The maximum Gasteiger partial charge on any atom is 0.318 e. The molecular weight excluding hydrogens is 530 g/mol.